The predicted molar refractivity (Wildman–Crippen MR) is 104 cm³/mol. The van der Waals surface area contributed by atoms with E-state index in [9.17, 15) is 14.7 Å². The van der Waals surface area contributed by atoms with Gasteiger partial charge in [-0.25, -0.2) is 4.79 Å². The summed E-state index contributed by atoms with van der Waals surface area (Å²) in [4.78, 5) is 24.7. The highest BCUT2D eigenvalue weighted by atomic mass is 16.6. The van der Waals surface area contributed by atoms with Crippen LogP contribution in [-0.2, 0) is 20.7 Å². The quantitative estimate of drug-likeness (QED) is 0.629. The standard InChI is InChI=1S/C21H30N2O5/c24-19(20(25)22-13-16-8-4-5-9-16)18(12-15-6-2-1-3-7-15)23-21(26)28-17-10-11-27-14-17/h1-3,6-7,16-19,24H,4-5,8-14H2,(H,22,25)(H,23,26)/t17-,18?,19-/m0/s1. The monoisotopic (exact) mass is 390 g/mol. The molecule has 3 rings (SSSR count). The Hall–Kier alpha value is -2.12. The second-order valence-electron chi connectivity index (χ2n) is 7.67. The normalized spacial score (nSPS) is 21.8. The van der Waals surface area contributed by atoms with Crippen molar-refractivity contribution in [3.05, 3.63) is 35.9 Å². The summed E-state index contributed by atoms with van der Waals surface area (Å²) in [6.07, 6.45) is 3.31. The third-order valence-electron chi connectivity index (χ3n) is 5.45. The van der Waals surface area contributed by atoms with Gasteiger partial charge in [-0.1, -0.05) is 43.2 Å². The third-order valence-corrected chi connectivity index (χ3v) is 5.45. The highest BCUT2D eigenvalue weighted by Crippen LogP contribution is 2.23. The molecule has 1 aliphatic heterocycles. The van der Waals surface area contributed by atoms with E-state index in [0.717, 1.165) is 18.4 Å². The van der Waals surface area contributed by atoms with E-state index < -0.39 is 24.1 Å². The molecule has 7 nitrogen and oxygen atoms in total. The van der Waals surface area contributed by atoms with Crippen LogP contribution in [0.3, 0.4) is 0 Å². The number of amides is 2. The van der Waals surface area contributed by atoms with Gasteiger partial charge in [-0.3, -0.25) is 4.79 Å². The lowest BCUT2D eigenvalue weighted by Gasteiger charge is -2.24. The lowest BCUT2D eigenvalue weighted by molar-refractivity contribution is -0.130. The molecule has 154 valence electrons. The van der Waals surface area contributed by atoms with Crippen LogP contribution in [0.15, 0.2) is 30.3 Å². The molecule has 28 heavy (non-hydrogen) atoms. The van der Waals surface area contributed by atoms with Crippen molar-refractivity contribution >= 4 is 12.0 Å². The van der Waals surface area contributed by atoms with E-state index in [4.69, 9.17) is 9.47 Å². The van der Waals surface area contributed by atoms with Crippen molar-refractivity contribution in [3.63, 3.8) is 0 Å². The number of benzene rings is 1. The van der Waals surface area contributed by atoms with Crippen LogP contribution in [0.5, 0.6) is 0 Å². The molecule has 1 heterocycles. The molecule has 1 unspecified atom stereocenters. The zero-order chi connectivity index (χ0) is 19.8. The number of carbonyl (C=O) groups is 2. The zero-order valence-corrected chi connectivity index (χ0v) is 16.1. The number of nitrogens with one attached hydrogen (secondary N) is 2. The lowest BCUT2D eigenvalue weighted by atomic mass is 10.0. The summed E-state index contributed by atoms with van der Waals surface area (Å²) >= 11 is 0. The van der Waals surface area contributed by atoms with Gasteiger partial charge in [0.1, 0.15) is 6.10 Å². The Labute approximate surface area is 165 Å². The summed E-state index contributed by atoms with van der Waals surface area (Å²) in [7, 11) is 0. The van der Waals surface area contributed by atoms with Crippen molar-refractivity contribution in [1.29, 1.82) is 0 Å². The first kappa shape index (κ1) is 20.6. The number of alkyl carbamates (subject to hydrolysis) is 1. The Morgan fingerprint density at radius 3 is 2.61 bits per heavy atom. The summed E-state index contributed by atoms with van der Waals surface area (Å²) in [6.45, 7) is 1.51. The van der Waals surface area contributed by atoms with Crippen LogP contribution in [-0.4, -0.2) is 55.1 Å². The van der Waals surface area contributed by atoms with E-state index in [1.807, 2.05) is 30.3 Å². The Kier molecular flexibility index (Phi) is 7.68. The summed E-state index contributed by atoms with van der Waals surface area (Å²) in [5, 5.41) is 16.1. The molecule has 1 aliphatic carbocycles. The predicted octanol–water partition coefficient (Wildman–Crippen LogP) is 1.78. The molecule has 7 heteroatoms. The second-order valence-corrected chi connectivity index (χ2v) is 7.67. The molecule has 1 saturated heterocycles. The summed E-state index contributed by atoms with van der Waals surface area (Å²) in [5.74, 6) is 0.0151. The van der Waals surface area contributed by atoms with Gasteiger partial charge in [0.2, 0.25) is 0 Å². The maximum atomic E-state index is 12.5. The molecule has 1 saturated carbocycles. The Balaban J connectivity index is 1.58. The second kappa shape index (κ2) is 10.4. The first-order valence-corrected chi connectivity index (χ1v) is 10.2. The van der Waals surface area contributed by atoms with Crippen LogP contribution >= 0.6 is 0 Å². The topological polar surface area (TPSA) is 96.9 Å². The minimum absolute atomic E-state index is 0.286. The van der Waals surface area contributed by atoms with Gasteiger partial charge in [0.05, 0.1) is 19.3 Å². The minimum Gasteiger partial charge on any atom is -0.444 e. The number of hydrogen-bond acceptors (Lipinski definition) is 5. The van der Waals surface area contributed by atoms with Crippen LogP contribution in [0, 0.1) is 5.92 Å². The number of aliphatic hydroxyl groups excluding tert-OH is 1. The van der Waals surface area contributed by atoms with E-state index in [1.54, 1.807) is 0 Å². The Bertz CT molecular complexity index is 627. The van der Waals surface area contributed by atoms with Gasteiger partial charge in [-0.15, -0.1) is 0 Å². The lowest BCUT2D eigenvalue weighted by Crippen LogP contribution is -2.52. The fourth-order valence-electron chi connectivity index (χ4n) is 3.80. The molecule has 1 aromatic carbocycles. The molecule has 0 radical (unpaired) electrons. The summed E-state index contributed by atoms with van der Waals surface area (Å²) in [6, 6.07) is 8.67. The van der Waals surface area contributed by atoms with Crippen LogP contribution in [0.1, 0.15) is 37.7 Å². The van der Waals surface area contributed by atoms with E-state index in [1.165, 1.54) is 12.8 Å². The highest BCUT2D eigenvalue weighted by Gasteiger charge is 2.30. The molecule has 0 aromatic heterocycles. The fraction of sp³-hybridized carbons (Fsp3) is 0.619. The molecule has 3 atom stereocenters. The van der Waals surface area contributed by atoms with Gasteiger partial charge in [0.25, 0.3) is 5.91 Å². The average Bonchev–Trinajstić information content (AvgIpc) is 3.40. The van der Waals surface area contributed by atoms with Crippen LogP contribution in [0.2, 0.25) is 0 Å². The average molecular weight is 390 g/mol. The number of hydrogen-bond donors (Lipinski definition) is 3. The summed E-state index contributed by atoms with van der Waals surface area (Å²) < 4.78 is 10.5. The van der Waals surface area contributed by atoms with E-state index in [0.29, 0.717) is 38.5 Å². The van der Waals surface area contributed by atoms with Gasteiger partial charge in [-0.05, 0) is 30.7 Å². The molecule has 0 bridgehead atoms. The highest BCUT2D eigenvalue weighted by molar-refractivity contribution is 5.82. The fourth-order valence-corrected chi connectivity index (χ4v) is 3.80. The molecular formula is C21H30N2O5. The van der Waals surface area contributed by atoms with Crippen molar-refractivity contribution in [3.8, 4) is 0 Å². The molecule has 3 N–H and O–H groups in total. The van der Waals surface area contributed by atoms with Gasteiger partial charge in [-0.2, -0.15) is 0 Å². The first-order valence-electron chi connectivity index (χ1n) is 10.2. The zero-order valence-electron chi connectivity index (χ0n) is 16.1. The Morgan fingerprint density at radius 1 is 1.18 bits per heavy atom. The van der Waals surface area contributed by atoms with E-state index in [2.05, 4.69) is 10.6 Å². The number of carbonyl (C=O) groups excluding carboxylic acids is 2. The van der Waals surface area contributed by atoms with Gasteiger partial charge in [0.15, 0.2) is 6.10 Å². The van der Waals surface area contributed by atoms with Crippen molar-refractivity contribution in [2.75, 3.05) is 19.8 Å². The van der Waals surface area contributed by atoms with Crippen molar-refractivity contribution < 1.29 is 24.2 Å². The minimum atomic E-state index is -1.35. The molecule has 1 aromatic rings. The molecule has 2 fully saturated rings. The Morgan fingerprint density at radius 2 is 1.93 bits per heavy atom. The van der Waals surface area contributed by atoms with Crippen LogP contribution < -0.4 is 10.6 Å². The van der Waals surface area contributed by atoms with Crippen molar-refractivity contribution in [1.82, 2.24) is 10.6 Å². The van der Waals surface area contributed by atoms with Crippen LogP contribution in [0.25, 0.3) is 0 Å². The summed E-state index contributed by atoms with van der Waals surface area (Å²) in [5.41, 5.74) is 0.916. The van der Waals surface area contributed by atoms with E-state index in [-0.39, 0.29) is 6.10 Å². The maximum Gasteiger partial charge on any atom is 0.407 e. The SMILES string of the molecule is O=C(NC(Cc1ccccc1)[C@H](O)C(=O)NCC1CCCC1)O[C@H]1CCOC1. The van der Waals surface area contributed by atoms with Crippen LogP contribution in [0.4, 0.5) is 4.79 Å². The van der Waals surface area contributed by atoms with Crippen molar-refractivity contribution in [2.45, 2.75) is 56.8 Å². The largest absolute Gasteiger partial charge is 0.444 e. The first-order chi connectivity index (χ1) is 13.6. The third kappa shape index (κ3) is 6.21. The van der Waals surface area contributed by atoms with E-state index >= 15 is 0 Å². The smallest absolute Gasteiger partial charge is 0.407 e. The van der Waals surface area contributed by atoms with Crippen molar-refractivity contribution in [2.24, 2.45) is 5.92 Å². The maximum absolute atomic E-state index is 12.5. The van der Waals surface area contributed by atoms with Gasteiger partial charge < -0.3 is 25.2 Å². The number of aliphatic hydroxyl groups is 1. The number of rotatable bonds is 8. The number of ether oxygens (including phenoxy) is 2. The molecule has 2 aliphatic rings. The molecular weight excluding hydrogens is 360 g/mol. The van der Waals surface area contributed by atoms with Gasteiger partial charge in [0, 0.05) is 13.0 Å². The molecule has 2 amide bonds. The van der Waals surface area contributed by atoms with Gasteiger partial charge >= 0.3 is 6.09 Å². The molecule has 0 spiro atoms.